The zero-order valence-electron chi connectivity index (χ0n) is 9.48. The van der Waals surface area contributed by atoms with E-state index in [0.717, 1.165) is 28.7 Å². The molecule has 0 radical (unpaired) electrons. The summed E-state index contributed by atoms with van der Waals surface area (Å²) in [6.45, 7) is 4.28. The van der Waals surface area contributed by atoms with Gasteiger partial charge in [0.2, 0.25) is 0 Å². The van der Waals surface area contributed by atoms with Crippen molar-refractivity contribution < 1.29 is 14.5 Å². The molecule has 0 spiro atoms. The summed E-state index contributed by atoms with van der Waals surface area (Å²) in [4.78, 5) is 10.2. The molecular weight excluding hydrogens is 217 g/mol. The van der Waals surface area contributed by atoms with Gasteiger partial charge < -0.3 is 19.8 Å². The molecule has 17 heavy (non-hydrogen) atoms. The molecule has 0 bridgehead atoms. The number of hydrogen-bond acceptors (Lipinski definition) is 4. The van der Waals surface area contributed by atoms with Gasteiger partial charge in [-0.15, -0.1) is 0 Å². The molecule has 0 amide bonds. The highest BCUT2D eigenvalue weighted by Crippen LogP contribution is 2.16. The third-order valence-corrected chi connectivity index (χ3v) is 2.69. The van der Waals surface area contributed by atoms with Crippen molar-refractivity contribution in [2.45, 2.75) is 19.4 Å². The first-order valence-electron chi connectivity index (χ1n) is 5.51. The van der Waals surface area contributed by atoms with Gasteiger partial charge in [0.05, 0.1) is 6.61 Å². The van der Waals surface area contributed by atoms with E-state index in [1.54, 1.807) is 0 Å². The Bertz CT molecular complexity index is 447. The van der Waals surface area contributed by atoms with Crippen LogP contribution in [0, 0.1) is 0 Å². The lowest BCUT2D eigenvalue weighted by Crippen LogP contribution is -2.28. The van der Waals surface area contributed by atoms with Crippen LogP contribution in [0.4, 0.5) is 5.69 Å². The van der Waals surface area contributed by atoms with Crippen LogP contribution in [-0.4, -0.2) is 18.4 Å². The fraction of sp³-hybridized carbons (Fsp3) is 0.250. The molecule has 0 aliphatic carbocycles. The number of allylic oxidation sites excluding steroid dienone is 1. The second-order valence-electron chi connectivity index (χ2n) is 4.01. The third-order valence-electron chi connectivity index (χ3n) is 2.69. The number of carbonyl (C=O) groups excluding carboxylic acids is 1. The molecule has 2 rings (SSSR count). The Labute approximate surface area is 100 Å². The summed E-state index contributed by atoms with van der Waals surface area (Å²) >= 11 is 0. The fourth-order valence-corrected chi connectivity index (χ4v) is 1.79. The van der Waals surface area contributed by atoms with Crippen LogP contribution in [0.1, 0.15) is 18.4 Å². The normalized spacial score (nSPS) is 13.4. The molecule has 0 aromatic heterocycles. The van der Waals surface area contributed by atoms with Gasteiger partial charge in [-0.05, 0) is 29.6 Å². The average molecular weight is 231 g/mol. The molecule has 2 N–H and O–H groups in total. The number of rotatable bonds is 5. The summed E-state index contributed by atoms with van der Waals surface area (Å²) in [5, 5.41) is 12.7. The zero-order valence-corrected chi connectivity index (χ0v) is 9.48. The molecular formula is C12H14BNO3. The van der Waals surface area contributed by atoms with E-state index in [-0.39, 0.29) is 0 Å². The molecule has 1 aliphatic heterocycles. The number of hydrogen-bond donors (Lipinski definition) is 2. The Hall–Kier alpha value is -1.59. The van der Waals surface area contributed by atoms with Crippen LogP contribution in [0.5, 0.6) is 0 Å². The maximum Gasteiger partial charge on any atom is 0.491 e. The number of aldehydes is 1. The van der Waals surface area contributed by atoms with E-state index in [4.69, 9.17) is 4.65 Å². The van der Waals surface area contributed by atoms with E-state index in [1.165, 1.54) is 0 Å². The summed E-state index contributed by atoms with van der Waals surface area (Å²) in [6, 6.07) is 5.67. The highest BCUT2D eigenvalue weighted by atomic mass is 16.5. The average Bonchev–Trinajstić information content (AvgIpc) is 2.68. The predicted molar refractivity (Wildman–Crippen MR) is 66.9 cm³/mol. The molecule has 0 saturated heterocycles. The van der Waals surface area contributed by atoms with Crippen molar-refractivity contribution in [1.29, 1.82) is 0 Å². The summed E-state index contributed by atoms with van der Waals surface area (Å²) in [5.41, 5.74) is 3.43. The lowest BCUT2D eigenvalue weighted by molar-refractivity contribution is -0.107. The lowest BCUT2D eigenvalue weighted by atomic mass is 9.79. The molecule has 1 aromatic carbocycles. The number of fused-ring (bicyclic) bond motifs is 1. The van der Waals surface area contributed by atoms with Crippen LogP contribution < -0.4 is 10.8 Å². The number of carbonyl (C=O) groups is 1. The quantitative estimate of drug-likeness (QED) is 0.581. The molecule has 5 heteroatoms. The second kappa shape index (κ2) is 5.16. The Morgan fingerprint density at radius 1 is 1.65 bits per heavy atom. The van der Waals surface area contributed by atoms with Crippen LogP contribution in [-0.2, 0) is 16.1 Å². The Kier molecular flexibility index (Phi) is 3.61. The van der Waals surface area contributed by atoms with Crippen LogP contribution in [0.2, 0.25) is 0 Å². The van der Waals surface area contributed by atoms with Gasteiger partial charge >= 0.3 is 7.12 Å². The third kappa shape index (κ3) is 2.75. The lowest BCUT2D eigenvalue weighted by Gasteiger charge is -2.09. The SMILES string of the molecule is C=C(CCC=O)Nc1ccc2c(c1)B(O)OC2. The Morgan fingerprint density at radius 2 is 2.47 bits per heavy atom. The maximum absolute atomic E-state index is 10.2. The van der Waals surface area contributed by atoms with Crippen molar-refractivity contribution in [1.82, 2.24) is 0 Å². The van der Waals surface area contributed by atoms with Crippen LogP contribution in [0.15, 0.2) is 30.5 Å². The van der Waals surface area contributed by atoms with E-state index >= 15 is 0 Å². The first-order chi connectivity index (χ1) is 8.20. The van der Waals surface area contributed by atoms with Crippen LogP contribution >= 0.6 is 0 Å². The number of nitrogens with one attached hydrogen (secondary N) is 1. The van der Waals surface area contributed by atoms with Crippen molar-refractivity contribution >= 4 is 24.6 Å². The summed E-state index contributed by atoms with van der Waals surface area (Å²) in [7, 11) is -0.838. The highest BCUT2D eigenvalue weighted by Gasteiger charge is 2.27. The van der Waals surface area contributed by atoms with Gasteiger partial charge in [0.1, 0.15) is 6.29 Å². The van der Waals surface area contributed by atoms with Gasteiger partial charge in [-0.1, -0.05) is 12.6 Å². The first-order valence-corrected chi connectivity index (χ1v) is 5.51. The maximum atomic E-state index is 10.2. The Balaban J connectivity index is 2.05. The molecule has 0 fully saturated rings. The molecule has 88 valence electrons. The van der Waals surface area contributed by atoms with E-state index in [9.17, 15) is 9.82 Å². The van der Waals surface area contributed by atoms with Gasteiger partial charge in [0.15, 0.2) is 0 Å². The molecule has 0 saturated carbocycles. The monoisotopic (exact) mass is 231 g/mol. The van der Waals surface area contributed by atoms with E-state index < -0.39 is 7.12 Å². The predicted octanol–water partition coefficient (Wildman–Crippen LogP) is 0.809. The molecule has 0 atom stereocenters. The first kappa shape index (κ1) is 11.9. The van der Waals surface area contributed by atoms with Gasteiger partial charge in [0, 0.05) is 17.8 Å². The summed E-state index contributed by atoms with van der Waals surface area (Å²) < 4.78 is 5.11. The molecule has 4 nitrogen and oxygen atoms in total. The van der Waals surface area contributed by atoms with Gasteiger partial charge in [0.25, 0.3) is 0 Å². The largest absolute Gasteiger partial charge is 0.491 e. The smallest absolute Gasteiger partial charge is 0.423 e. The van der Waals surface area contributed by atoms with Crippen molar-refractivity contribution in [3.05, 3.63) is 36.0 Å². The summed E-state index contributed by atoms with van der Waals surface area (Å²) in [6.07, 6.45) is 1.94. The van der Waals surface area contributed by atoms with Crippen molar-refractivity contribution in [3.8, 4) is 0 Å². The summed E-state index contributed by atoms with van der Waals surface area (Å²) in [5.74, 6) is 0. The van der Waals surface area contributed by atoms with Crippen LogP contribution in [0.3, 0.4) is 0 Å². The second-order valence-corrected chi connectivity index (χ2v) is 4.01. The number of anilines is 1. The van der Waals surface area contributed by atoms with Crippen molar-refractivity contribution in [2.24, 2.45) is 0 Å². The minimum atomic E-state index is -0.838. The molecule has 0 unspecified atom stereocenters. The standard InChI is InChI=1S/C12H14BNO3/c1-9(3-2-6-15)14-11-5-4-10-8-17-13(16)12(10)7-11/h4-7,14,16H,1-3,8H2. The molecule has 1 aromatic rings. The topological polar surface area (TPSA) is 58.6 Å². The van der Waals surface area contributed by atoms with E-state index in [2.05, 4.69) is 11.9 Å². The number of benzene rings is 1. The van der Waals surface area contributed by atoms with Crippen molar-refractivity contribution in [3.63, 3.8) is 0 Å². The van der Waals surface area contributed by atoms with Gasteiger partial charge in [-0.3, -0.25) is 0 Å². The minimum Gasteiger partial charge on any atom is -0.423 e. The van der Waals surface area contributed by atoms with Crippen molar-refractivity contribution in [2.75, 3.05) is 5.32 Å². The minimum absolute atomic E-state index is 0.447. The van der Waals surface area contributed by atoms with Gasteiger partial charge in [-0.25, -0.2) is 0 Å². The fourth-order valence-electron chi connectivity index (χ4n) is 1.79. The van der Waals surface area contributed by atoms with Gasteiger partial charge in [-0.2, -0.15) is 0 Å². The zero-order chi connectivity index (χ0) is 12.3. The van der Waals surface area contributed by atoms with E-state index in [0.29, 0.717) is 19.4 Å². The molecule has 1 heterocycles. The van der Waals surface area contributed by atoms with E-state index in [1.807, 2.05) is 18.2 Å². The highest BCUT2D eigenvalue weighted by molar-refractivity contribution is 6.61. The molecule has 1 aliphatic rings. The van der Waals surface area contributed by atoms with Crippen LogP contribution in [0.25, 0.3) is 0 Å². The Morgan fingerprint density at radius 3 is 3.24 bits per heavy atom.